The highest BCUT2D eigenvalue weighted by atomic mass is 19.4. The second-order valence-electron chi connectivity index (χ2n) is 17.9. The molecule has 47 heteroatoms. The Morgan fingerprint density at radius 3 is 0.580 bits per heavy atom. The van der Waals surface area contributed by atoms with E-state index in [1.54, 1.807) is 9.47 Å². The van der Waals surface area contributed by atoms with Crippen LogP contribution in [0.3, 0.4) is 0 Å². The monoisotopic (exact) mass is 1380 g/mol. The molecular weight excluding hydrogens is 1330 g/mol. The molecule has 0 aromatic rings. The third-order valence-corrected chi connectivity index (χ3v) is 9.82. The van der Waals surface area contributed by atoms with Crippen molar-refractivity contribution in [1.82, 2.24) is 0 Å². The largest absolute Gasteiger partial charge is 0.433 e. The molecule has 0 saturated heterocycles. The molecule has 0 spiro atoms. The molecule has 0 fully saturated rings. The molecule has 19 nitrogen and oxygen atoms in total. The van der Waals surface area contributed by atoms with E-state index in [2.05, 4.69) is 18.9 Å². The van der Waals surface area contributed by atoms with Crippen LogP contribution >= 0.6 is 0 Å². The van der Waals surface area contributed by atoms with Crippen LogP contribution in [0.5, 0.6) is 0 Å². The van der Waals surface area contributed by atoms with Crippen molar-refractivity contribution >= 4 is 0 Å². The summed E-state index contributed by atoms with van der Waals surface area (Å²) in [5.74, 6) is -42.2. The predicted octanol–water partition coefficient (Wildman–Crippen LogP) is 6.09. The van der Waals surface area contributed by atoms with Gasteiger partial charge in [-0.05, 0) is 25.7 Å². The smallest absolute Gasteiger partial charge is 0.396 e. The third-order valence-electron chi connectivity index (χ3n) is 9.82. The molecule has 0 aliphatic rings. The molecular formula is C41H56F28O19. The van der Waals surface area contributed by atoms with Gasteiger partial charge in [-0.2, -0.15) is 123 Å². The number of aliphatic hydroxyl groups is 7. The highest BCUT2D eigenvalue weighted by molar-refractivity contribution is 4.93. The van der Waals surface area contributed by atoms with Gasteiger partial charge in [-0.15, -0.1) is 0 Å². The summed E-state index contributed by atoms with van der Waals surface area (Å²) in [4.78, 5) is 0. The van der Waals surface area contributed by atoms with Crippen LogP contribution in [0.15, 0.2) is 0 Å². The number of halogens is 28. The number of hydrogen-bond donors (Lipinski definition) is 7. The lowest BCUT2D eigenvalue weighted by Crippen LogP contribution is -2.63. The van der Waals surface area contributed by atoms with Gasteiger partial charge in [-0.3, -0.25) is 0 Å². The molecule has 88 heavy (non-hydrogen) atoms. The van der Waals surface area contributed by atoms with E-state index in [-0.39, 0.29) is 39.6 Å². The molecule has 0 aliphatic heterocycles. The Bertz CT molecular complexity index is 1820. The van der Waals surface area contributed by atoms with Crippen LogP contribution in [0.4, 0.5) is 123 Å². The van der Waals surface area contributed by atoms with Gasteiger partial charge >= 0.3 is 84.4 Å². The van der Waals surface area contributed by atoms with Crippen molar-refractivity contribution in [3.63, 3.8) is 0 Å². The van der Waals surface area contributed by atoms with Crippen molar-refractivity contribution < 1.29 is 216 Å². The Morgan fingerprint density at radius 1 is 0.227 bits per heavy atom. The van der Waals surface area contributed by atoms with Crippen LogP contribution in [0, 0.1) is 0 Å². The zero-order chi connectivity index (χ0) is 68.9. The second kappa shape index (κ2) is 34.4. The predicted molar refractivity (Wildman–Crippen MR) is 223 cm³/mol. The van der Waals surface area contributed by atoms with Gasteiger partial charge in [0.1, 0.15) is 56.9 Å². The normalized spacial score (nSPS) is 16.5. The van der Waals surface area contributed by atoms with Crippen LogP contribution in [0.1, 0.15) is 25.7 Å². The fourth-order valence-electron chi connectivity index (χ4n) is 5.16. The maximum absolute atomic E-state index is 14.1. The zero-order valence-electron chi connectivity index (χ0n) is 44.1. The van der Waals surface area contributed by atoms with Gasteiger partial charge in [0.15, 0.2) is 0 Å². The topological polar surface area (TPSA) is 252 Å². The quantitative estimate of drug-likeness (QED) is 0.0269. The molecule has 0 radical (unpaired) electrons. The number of aliphatic hydroxyl groups excluding tert-OH is 7. The van der Waals surface area contributed by atoms with Gasteiger partial charge in [0.25, 0.3) is 0 Å². The van der Waals surface area contributed by atoms with Gasteiger partial charge in [-0.25, -0.2) is 18.9 Å². The van der Waals surface area contributed by atoms with Gasteiger partial charge in [0, 0.05) is 26.4 Å². The molecule has 0 rings (SSSR count). The molecule has 0 heterocycles. The first kappa shape index (κ1) is 85.3. The highest BCUT2D eigenvalue weighted by Gasteiger charge is 2.83. The fourth-order valence-corrected chi connectivity index (χ4v) is 5.16. The molecule has 530 valence electrons. The van der Waals surface area contributed by atoms with E-state index in [1.807, 2.05) is 9.47 Å². The van der Waals surface area contributed by atoms with Crippen molar-refractivity contribution in [3.05, 3.63) is 0 Å². The van der Waals surface area contributed by atoms with E-state index in [1.165, 1.54) is 0 Å². The van der Waals surface area contributed by atoms with Crippen LogP contribution in [-0.4, -0.2) is 270 Å². The molecule has 4 atom stereocenters. The summed E-state index contributed by atoms with van der Waals surface area (Å²) in [5.41, 5.74) is 0. The summed E-state index contributed by atoms with van der Waals surface area (Å²) in [5, 5.41) is 65.3. The Balaban J connectivity index is 5.49. The minimum Gasteiger partial charge on any atom is -0.396 e. The molecule has 0 aromatic heterocycles. The summed E-state index contributed by atoms with van der Waals surface area (Å²) in [6, 6.07) is 0. The standard InChI is InChI=1S/C41H56F28O19/c42-28(43,19-81-15-25(74)13-79-11-23(72)9-77-7-3-1-5-70)34(54,55)85-38(62,63)32(50,51)40(66,67)87-36(58,59)30(46,47)21-83-17-27(76)18-84-22-31(48,49)37(60,61)88-41(68,69)33(52,53)39(64,65)86-35(56,57)29(44,45)20-82-16-26(75)14-80-12-24(73)10-78-8-4-2-6-71/h23-27,70-76H,1-22H2. The minimum atomic E-state index is -8.12. The fraction of sp³-hybridized carbons (Fsp3) is 1.00. The SMILES string of the molecule is OCCCCOCC(O)COCC(O)COCC(F)(F)C(F)(F)OC(F)(F)C(F)(F)C(F)(F)OC(F)(F)C(F)(F)COCC(O)COCC(F)(F)C(F)(F)OC(F)(F)C(F)(F)C(F)(F)OC(F)(F)C(F)(F)COCC(O)COCC(O)COCCCCO. The van der Waals surface area contributed by atoms with Gasteiger partial charge in [0.2, 0.25) is 0 Å². The maximum atomic E-state index is 14.1. The molecule has 0 aromatic carbocycles. The first-order valence-electron chi connectivity index (χ1n) is 24.0. The van der Waals surface area contributed by atoms with Gasteiger partial charge in [-0.1, -0.05) is 0 Å². The zero-order valence-corrected chi connectivity index (χ0v) is 44.1. The van der Waals surface area contributed by atoms with Crippen molar-refractivity contribution in [2.75, 3.05) is 119 Å². The van der Waals surface area contributed by atoms with Crippen molar-refractivity contribution in [3.8, 4) is 0 Å². The lowest BCUT2D eigenvalue weighted by molar-refractivity contribution is -0.535. The second-order valence-corrected chi connectivity index (χ2v) is 17.9. The number of hydrogen-bond acceptors (Lipinski definition) is 19. The first-order chi connectivity index (χ1) is 39.6. The molecule has 0 saturated carbocycles. The van der Waals surface area contributed by atoms with Crippen LogP contribution in [0.25, 0.3) is 0 Å². The molecule has 0 amide bonds. The number of rotatable bonds is 52. The average molecular weight is 1380 g/mol. The van der Waals surface area contributed by atoms with Crippen LogP contribution < -0.4 is 0 Å². The van der Waals surface area contributed by atoms with E-state index in [4.69, 9.17) is 29.2 Å². The minimum absolute atomic E-state index is 0.0605. The summed E-state index contributed by atoms with van der Waals surface area (Å²) in [7, 11) is 0. The Labute approximate surface area is 475 Å². The third kappa shape index (κ3) is 26.0. The Kier molecular flexibility index (Phi) is 33.4. The summed E-state index contributed by atoms with van der Waals surface area (Å²) in [6.45, 7) is -24.1. The Hall–Kier alpha value is -2.72. The van der Waals surface area contributed by atoms with Crippen LogP contribution in [0.2, 0.25) is 0 Å². The van der Waals surface area contributed by atoms with Crippen molar-refractivity contribution in [1.29, 1.82) is 0 Å². The Morgan fingerprint density at radius 2 is 0.398 bits per heavy atom. The van der Waals surface area contributed by atoms with E-state index >= 15 is 0 Å². The first-order valence-corrected chi connectivity index (χ1v) is 24.0. The summed E-state index contributed by atoms with van der Waals surface area (Å²) < 4.78 is 435. The highest BCUT2D eigenvalue weighted by Crippen LogP contribution is 2.56. The number of ether oxygens (including phenoxy) is 12. The van der Waals surface area contributed by atoms with Gasteiger partial charge in [0.05, 0.1) is 66.1 Å². The lowest BCUT2D eigenvalue weighted by Gasteiger charge is -2.37. The lowest BCUT2D eigenvalue weighted by atomic mass is 10.2. The maximum Gasteiger partial charge on any atom is 0.433 e. The molecule has 0 bridgehead atoms. The summed E-state index contributed by atoms with van der Waals surface area (Å²) >= 11 is 0. The van der Waals surface area contributed by atoms with E-state index in [0.717, 1.165) is 0 Å². The van der Waals surface area contributed by atoms with E-state index in [9.17, 15) is 148 Å². The van der Waals surface area contributed by atoms with Crippen molar-refractivity contribution in [2.45, 2.75) is 141 Å². The van der Waals surface area contributed by atoms with Crippen LogP contribution in [-0.2, 0) is 56.8 Å². The molecule has 0 aliphatic carbocycles. The summed E-state index contributed by atoms with van der Waals surface area (Å²) in [6.07, 6.45) is -69.1. The molecule has 7 N–H and O–H groups in total. The molecule has 4 unspecified atom stereocenters. The number of unbranched alkanes of at least 4 members (excludes halogenated alkanes) is 2. The van der Waals surface area contributed by atoms with E-state index in [0.29, 0.717) is 25.7 Å². The number of alkyl halides is 28. The van der Waals surface area contributed by atoms with Gasteiger partial charge < -0.3 is 73.6 Å². The van der Waals surface area contributed by atoms with Crippen molar-refractivity contribution in [2.24, 2.45) is 0 Å². The average Bonchev–Trinajstić information content (AvgIpc) is 3.56. The van der Waals surface area contributed by atoms with E-state index < -0.39 is 194 Å².